The van der Waals surface area contributed by atoms with Gasteiger partial charge in [-0.1, -0.05) is 42.5 Å². The van der Waals surface area contributed by atoms with Crippen LogP contribution in [-0.2, 0) is 12.8 Å². The maximum atomic E-state index is 5.98. The topological polar surface area (TPSA) is 86.0 Å². The van der Waals surface area contributed by atoms with Crippen molar-refractivity contribution in [2.75, 3.05) is 13.7 Å². The minimum Gasteiger partial charge on any atom is -0.496 e. The van der Waals surface area contributed by atoms with E-state index in [1.807, 2.05) is 18.2 Å². The van der Waals surface area contributed by atoms with E-state index in [0.717, 1.165) is 24.2 Å². The molecule has 124 valence electrons. The van der Waals surface area contributed by atoms with Crippen molar-refractivity contribution in [1.29, 1.82) is 0 Å². The fourth-order valence-electron chi connectivity index (χ4n) is 2.89. The summed E-state index contributed by atoms with van der Waals surface area (Å²) in [4.78, 5) is 8.24. The molecule has 0 amide bonds. The average molecular weight is 322 g/mol. The summed E-state index contributed by atoms with van der Waals surface area (Å²) < 4.78 is 5.58. The van der Waals surface area contributed by atoms with Gasteiger partial charge in [0, 0.05) is 12.3 Å². The minimum absolute atomic E-state index is 0.0852. The van der Waals surface area contributed by atoms with Gasteiger partial charge >= 0.3 is 0 Å². The molecule has 0 fully saturated rings. The summed E-state index contributed by atoms with van der Waals surface area (Å²) in [5, 5.41) is 0. The summed E-state index contributed by atoms with van der Waals surface area (Å²) in [5.74, 6) is 1.79. The van der Waals surface area contributed by atoms with Crippen LogP contribution in [0.4, 0.5) is 0 Å². The fourth-order valence-corrected chi connectivity index (χ4v) is 2.89. The Balaban J connectivity index is 1.76. The zero-order valence-electron chi connectivity index (χ0n) is 13.8. The summed E-state index contributed by atoms with van der Waals surface area (Å²) in [6.45, 7) is 0.579. The molecule has 2 aromatic carbocycles. The summed E-state index contributed by atoms with van der Waals surface area (Å²) in [6.07, 6.45) is 1.62. The summed E-state index contributed by atoms with van der Waals surface area (Å²) in [5.41, 5.74) is 15.1. The monoisotopic (exact) mass is 322 g/mol. The summed E-state index contributed by atoms with van der Waals surface area (Å²) >= 11 is 0. The van der Waals surface area contributed by atoms with Crippen LogP contribution in [0.15, 0.2) is 58.5 Å². The first-order valence-electron chi connectivity index (χ1n) is 7.99. The molecule has 4 N–H and O–H groups in total. The number of nitrogens with two attached hydrogens (primary N) is 2. The Hall–Kier alpha value is -2.82. The maximum Gasteiger partial charge on any atom is 0.217 e. The predicted octanol–water partition coefficient (Wildman–Crippen LogP) is 2.13. The highest BCUT2D eigenvalue weighted by Crippen LogP contribution is 2.25. The number of nitrogens with zero attached hydrogens (tertiary/aromatic N) is 2. The highest BCUT2D eigenvalue weighted by Gasteiger charge is 2.18. The normalized spacial score (nSPS) is 17.1. The van der Waals surface area contributed by atoms with Crippen molar-refractivity contribution in [1.82, 2.24) is 0 Å². The molecule has 5 heteroatoms. The second-order valence-electron chi connectivity index (χ2n) is 5.95. The Bertz CT molecular complexity index is 768. The van der Waals surface area contributed by atoms with Gasteiger partial charge in [0.15, 0.2) is 0 Å². The van der Waals surface area contributed by atoms with Crippen molar-refractivity contribution in [2.45, 2.75) is 12.8 Å². The van der Waals surface area contributed by atoms with Gasteiger partial charge in [0.2, 0.25) is 5.96 Å². The molecule has 1 unspecified atom stereocenters. The second kappa shape index (κ2) is 7.17. The Morgan fingerprint density at radius 1 is 1.08 bits per heavy atom. The molecule has 5 nitrogen and oxygen atoms in total. The Kier molecular flexibility index (Phi) is 4.79. The molecule has 1 aliphatic rings. The second-order valence-corrected chi connectivity index (χ2v) is 5.95. The molecule has 3 rings (SSSR count). The lowest BCUT2D eigenvalue weighted by Gasteiger charge is -2.19. The van der Waals surface area contributed by atoms with Gasteiger partial charge in [0.05, 0.1) is 13.7 Å². The van der Waals surface area contributed by atoms with E-state index in [9.17, 15) is 0 Å². The molecule has 0 aromatic heterocycles. The van der Waals surface area contributed by atoms with Crippen LogP contribution in [0.3, 0.4) is 0 Å². The zero-order valence-corrected chi connectivity index (χ0v) is 13.8. The van der Waals surface area contributed by atoms with Crippen molar-refractivity contribution in [3.05, 3.63) is 65.2 Å². The molecule has 1 heterocycles. The van der Waals surface area contributed by atoms with E-state index >= 15 is 0 Å². The van der Waals surface area contributed by atoms with E-state index in [1.54, 1.807) is 7.11 Å². The first-order valence-corrected chi connectivity index (χ1v) is 7.99. The van der Waals surface area contributed by atoms with Crippen LogP contribution in [0, 0.1) is 5.92 Å². The first kappa shape index (κ1) is 16.1. The largest absolute Gasteiger partial charge is 0.496 e. The van der Waals surface area contributed by atoms with E-state index < -0.39 is 0 Å². The number of hydrogen-bond acceptors (Lipinski definition) is 5. The van der Waals surface area contributed by atoms with Crippen molar-refractivity contribution >= 4 is 11.8 Å². The van der Waals surface area contributed by atoms with Gasteiger partial charge in [-0.3, -0.25) is 4.99 Å². The van der Waals surface area contributed by atoms with Gasteiger partial charge in [-0.15, -0.1) is 0 Å². The Labute approximate surface area is 142 Å². The number of methoxy groups -OCH3 is 1. The standard InChI is InChI=1S/C19H22N4O/c1-24-17-11-14(10-16-12-22-19(21)23-18(16)20)7-8-15(17)9-13-5-3-2-4-6-13/h2-8,11,16H,9-10,12H2,1H3,(H4,20,21,22,23). The van der Waals surface area contributed by atoms with E-state index in [-0.39, 0.29) is 11.9 Å². The van der Waals surface area contributed by atoms with Gasteiger partial charge in [0.25, 0.3) is 0 Å². The predicted molar refractivity (Wildman–Crippen MR) is 97.5 cm³/mol. The van der Waals surface area contributed by atoms with Crippen LogP contribution >= 0.6 is 0 Å². The Morgan fingerprint density at radius 2 is 1.88 bits per heavy atom. The molecule has 2 aromatic rings. The van der Waals surface area contributed by atoms with Crippen LogP contribution < -0.4 is 16.2 Å². The SMILES string of the molecule is COc1cc(CC2CN=C(N)N=C2N)ccc1Cc1ccccc1. The van der Waals surface area contributed by atoms with Crippen molar-refractivity contribution in [3.8, 4) is 5.75 Å². The molecular formula is C19H22N4O. The zero-order chi connectivity index (χ0) is 16.9. The average Bonchev–Trinajstić information content (AvgIpc) is 2.59. The maximum absolute atomic E-state index is 5.98. The lowest BCUT2D eigenvalue weighted by atomic mass is 9.95. The summed E-state index contributed by atoms with van der Waals surface area (Å²) in [7, 11) is 1.70. The van der Waals surface area contributed by atoms with Crippen LogP contribution in [0.1, 0.15) is 16.7 Å². The number of rotatable bonds is 5. The van der Waals surface area contributed by atoms with Crippen LogP contribution in [0.2, 0.25) is 0 Å². The molecule has 0 bridgehead atoms. The Morgan fingerprint density at radius 3 is 2.58 bits per heavy atom. The van der Waals surface area contributed by atoms with Gasteiger partial charge in [-0.25, -0.2) is 4.99 Å². The van der Waals surface area contributed by atoms with E-state index in [1.165, 1.54) is 11.1 Å². The van der Waals surface area contributed by atoms with Crippen LogP contribution in [0.5, 0.6) is 5.75 Å². The van der Waals surface area contributed by atoms with E-state index in [4.69, 9.17) is 16.2 Å². The fraction of sp³-hybridized carbons (Fsp3) is 0.263. The van der Waals surface area contributed by atoms with Gasteiger partial charge < -0.3 is 16.2 Å². The number of hydrogen-bond donors (Lipinski definition) is 2. The molecule has 0 saturated heterocycles. The smallest absolute Gasteiger partial charge is 0.217 e. The third-order valence-electron chi connectivity index (χ3n) is 4.21. The van der Waals surface area contributed by atoms with E-state index in [0.29, 0.717) is 12.4 Å². The third kappa shape index (κ3) is 3.74. The number of aliphatic imine (C=N–C) groups is 2. The molecular weight excluding hydrogens is 300 g/mol. The minimum atomic E-state index is 0.0852. The molecule has 0 radical (unpaired) electrons. The van der Waals surface area contributed by atoms with Crippen molar-refractivity contribution < 1.29 is 4.74 Å². The lowest BCUT2D eigenvalue weighted by molar-refractivity contribution is 0.410. The third-order valence-corrected chi connectivity index (χ3v) is 4.21. The van der Waals surface area contributed by atoms with Crippen LogP contribution in [0.25, 0.3) is 0 Å². The van der Waals surface area contributed by atoms with Crippen LogP contribution in [-0.4, -0.2) is 25.4 Å². The number of benzene rings is 2. The highest BCUT2D eigenvalue weighted by atomic mass is 16.5. The molecule has 1 aliphatic heterocycles. The first-order chi connectivity index (χ1) is 11.7. The molecule has 0 aliphatic carbocycles. The van der Waals surface area contributed by atoms with Crippen molar-refractivity contribution in [3.63, 3.8) is 0 Å². The van der Waals surface area contributed by atoms with Gasteiger partial charge in [-0.05, 0) is 29.2 Å². The summed E-state index contributed by atoms with van der Waals surface area (Å²) in [6, 6.07) is 16.7. The number of ether oxygens (including phenoxy) is 1. The van der Waals surface area contributed by atoms with Gasteiger partial charge in [-0.2, -0.15) is 0 Å². The quantitative estimate of drug-likeness (QED) is 0.884. The van der Waals surface area contributed by atoms with E-state index in [2.05, 4.69) is 40.3 Å². The number of guanidine groups is 1. The molecule has 24 heavy (non-hydrogen) atoms. The molecule has 1 atom stereocenters. The number of amidine groups is 1. The molecule has 0 spiro atoms. The lowest BCUT2D eigenvalue weighted by Crippen LogP contribution is -2.34. The van der Waals surface area contributed by atoms with Gasteiger partial charge in [0.1, 0.15) is 11.6 Å². The van der Waals surface area contributed by atoms with Crippen molar-refractivity contribution in [2.24, 2.45) is 27.4 Å². The molecule has 0 saturated carbocycles. The highest BCUT2D eigenvalue weighted by molar-refractivity contribution is 5.97.